The average molecular weight is 276 g/mol. The molecule has 3 rings (SSSR count). The van der Waals surface area contributed by atoms with Gasteiger partial charge in [-0.3, -0.25) is 9.59 Å². The zero-order chi connectivity index (χ0) is 13.9. The van der Waals surface area contributed by atoms with Crippen molar-refractivity contribution in [2.45, 2.75) is 25.7 Å². The molecule has 2 aliphatic rings. The van der Waals surface area contributed by atoms with Gasteiger partial charge in [0.15, 0.2) is 0 Å². The number of nitrogens with zero attached hydrogens (tertiary/aromatic N) is 2. The summed E-state index contributed by atoms with van der Waals surface area (Å²) in [5, 5.41) is 2.90. The third-order valence-corrected chi connectivity index (χ3v) is 3.98. The zero-order valence-corrected chi connectivity index (χ0v) is 11.5. The maximum atomic E-state index is 12.0. The second kappa shape index (κ2) is 5.64. The van der Waals surface area contributed by atoms with Crippen molar-refractivity contribution in [3.63, 3.8) is 0 Å². The van der Waals surface area contributed by atoms with Crippen LogP contribution in [0, 0.1) is 11.8 Å². The molecule has 6 heteroatoms. The van der Waals surface area contributed by atoms with Gasteiger partial charge in [0.2, 0.25) is 11.8 Å². The molecule has 1 saturated heterocycles. The lowest BCUT2D eigenvalue weighted by Crippen LogP contribution is -2.34. The quantitative estimate of drug-likeness (QED) is 0.786. The lowest BCUT2D eigenvalue weighted by Gasteiger charge is -2.15. The fraction of sp³-hybridized carbons (Fsp3) is 0.643. The minimum absolute atomic E-state index is 0.0109. The maximum Gasteiger partial charge on any atom is 0.225 e. The highest BCUT2D eigenvalue weighted by Crippen LogP contribution is 2.31. The number of carbonyl (C=O) groups is 2. The Morgan fingerprint density at radius 2 is 2.35 bits per heavy atom. The van der Waals surface area contributed by atoms with Gasteiger partial charge in [-0.25, -0.2) is 4.98 Å². The lowest BCUT2D eigenvalue weighted by molar-refractivity contribution is -0.129. The van der Waals surface area contributed by atoms with Gasteiger partial charge in [-0.05, 0) is 18.8 Å². The van der Waals surface area contributed by atoms with Crippen LogP contribution in [0.25, 0.3) is 0 Å². The molecule has 1 aliphatic heterocycles. The third kappa shape index (κ3) is 3.18. The van der Waals surface area contributed by atoms with E-state index in [1.54, 1.807) is 12.4 Å². The number of carbonyl (C=O) groups excluding carboxylic acids is 2. The third-order valence-electron chi connectivity index (χ3n) is 3.98. The van der Waals surface area contributed by atoms with Crippen molar-refractivity contribution in [1.82, 2.24) is 20.2 Å². The molecule has 1 atom stereocenters. The fourth-order valence-corrected chi connectivity index (χ4v) is 2.62. The van der Waals surface area contributed by atoms with E-state index in [0.717, 1.165) is 12.4 Å². The van der Waals surface area contributed by atoms with E-state index in [9.17, 15) is 9.59 Å². The summed E-state index contributed by atoms with van der Waals surface area (Å²) in [4.78, 5) is 32.8. The first-order chi connectivity index (χ1) is 9.72. The number of aromatic amines is 1. The first-order valence-electron chi connectivity index (χ1n) is 7.26. The number of nitrogens with one attached hydrogen (secondary N) is 2. The topological polar surface area (TPSA) is 78.1 Å². The minimum Gasteiger partial charge on any atom is -0.355 e. The van der Waals surface area contributed by atoms with Gasteiger partial charge >= 0.3 is 0 Å². The van der Waals surface area contributed by atoms with Gasteiger partial charge in [0.25, 0.3) is 0 Å². The summed E-state index contributed by atoms with van der Waals surface area (Å²) in [6.45, 7) is 1.98. The van der Waals surface area contributed by atoms with Crippen LogP contribution < -0.4 is 5.32 Å². The SMILES string of the molecule is O=C(NCCc1ncc[nH]1)C1CC(=O)N(CC2CC2)C1. The smallest absolute Gasteiger partial charge is 0.225 e. The van der Waals surface area contributed by atoms with E-state index in [-0.39, 0.29) is 17.7 Å². The number of imidazole rings is 1. The van der Waals surface area contributed by atoms with Gasteiger partial charge in [-0.2, -0.15) is 0 Å². The van der Waals surface area contributed by atoms with Crippen molar-refractivity contribution in [3.05, 3.63) is 18.2 Å². The number of H-pyrrole nitrogens is 1. The van der Waals surface area contributed by atoms with E-state index in [1.165, 1.54) is 12.8 Å². The normalized spacial score (nSPS) is 22.3. The van der Waals surface area contributed by atoms with Crippen LogP contribution in [0.3, 0.4) is 0 Å². The zero-order valence-electron chi connectivity index (χ0n) is 11.5. The van der Waals surface area contributed by atoms with Crippen molar-refractivity contribution in [2.24, 2.45) is 11.8 Å². The van der Waals surface area contributed by atoms with E-state index in [1.807, 2.05) is 4.90 Å². The number of aromatic nitrogens is 2. The number of hydrogen-bond donors (Lipinski definition) is 2. The predicted molar refractivity (Wildman–Crippen MR) is 72.7 cm³/mol. The van der Waals surface area contributed by atoms with E-state index in [0.29, 0.717) is 31.8 Å². The number of rotatable bonds is 6. The molecular weight excluding hydrogens is 256 g/mol. The molecule has 1 unspecified atom stereocenters. The molecule has 1 saturated carbocycles. The molecular formula is C14H20N4O2. The van der Waals surface area contributed by atoms with E-state index < -0.39 is 0 Å². The highest BCUT2D eigenvalue weighted by atomic mass is 16.2. The Labute approximate surface area is 117 Å². The first kappa shape index (κ1) is 13.1. The molecule has 2 fully saturated rings. The molecule has 108 valence electrons. The number of hydrogen-bond acceptors (Lipinski definition) is 3. The fourth-order valence-electron chi connectivity index (χ4n) is 2.62. The molecule has 20 heavy (non-hydrogen) atoms. The molecule has 0 bridgehead atoms. The summed E-state index contributed by atoms with van der Waals surface area (Å²) in [5.41, 5.74) is 0. The second-order valence-electron chi connectivity index (χ2n) is 5.72. The van der Waals surface area contributed by atoms with E-state index in [4.69, 9.17) is 0 Å². The number of likely N-dealkylation sites (tertiary alicyclic amines) is 1. The molecule has 2 heterocycles. The van der Waals surface area contributed by atoms with Crippen LogP contribution in [0.5, 0.6) is 0 Å². The van der Waals surface area contributed by atoms with Gasteiger partial charge in [0, 0.05) is 44.9 Å². The summed E-state index contributed by atoms with van der Waals surface area (Å²) in [6, 6.07) is 0. The Morgan fingerprint density at radius 3 is 3.05 bits per heavy atom. The van der Waals surface area contributed by atoms with Gasteiger partial charge in [0.1, 0.15) is 5.82 Å². The Kier molecular flexibility index (Phi) is 3.71. The standard InChI is InChI=1S/C14H20N4O2/c19-13-7-11(9-18(13)8-10-1-2-10)14(20)17-4-3-12-15-5-6-16-12/h5-6,10-11H,1-4,7-9H2,(H,15,16)(H,17,20). The van der Waals surface area contributed by atoms with Gasteiger partial charge < -0.3 is 15.2 Å². The monoisotopic (exact) mass is 276 g/mol. The van der Waals surface area contributed by atoms with Crippen molar-refractivity contribution in [3.8, 4) is 0 Å². The minimum atomic E-state index is -0.183. The average Bonchev–Trinajstić information content (AvgIpc) is 2.94. The van der Waals surface area contributed by atoms with Crippen molar-refractivity contribution >= 4 is 11.8 Å². The molecule has 2 amide bonds. The summed E-state index contributed by atoms with van der Waals surface area (Å²) < 4.78 is 0. The van der Waals surface area contributed by atoms with Crippen molar-refractivity contribution in [2.75, 3.05) is 19.6 Å². The van der Waals surface area contributed by atoms with Crippen molar-refractivity contribution in [1.29, 1.82) is 0 Å². The molecule has 2 N–H and O–H groups in total. The highest BCUT2D eigenvalue weighted by Gasteiger charge is 2.36. The Balaban J connectivity index is 1.42. The van der Waals surface area contributed by atoms with Crippen LogP contribution in [0.1, 0.15) is 25.1 Å². The summed E-state index contributed by atoms with van der Waals surface area (Å²) in [7, 11) is 0. The maximum absolute atomic E-state index is 12.0. The summed E-state index contributed by atoms with van der Waals surface area (Å²) in [5.74, 6) is 1.48. The highest BCUT2D eigenvalue weighted by molar-refractivity contribution is 5.89. The Bertz CT molecular complexity index is 481. The largest absolute Gasteiger partial charge is 0.355 e. The van der Waals surface area contributed by atoms with Gasteiger partial charge in [-0.15, -0.1) is 0 Å². The first-order valence-corrected chi connectivity index (χ1v) is 7.26. The second-order valence-corrected chi connectivity index (χ2v) is 5.72. The van der Waals surface area contributed by atoms with Gasteiger partial charge in [0.05, 0.1) is 5.92 Å². The van der Waals surface area contributed by atoms with Crippen LogP contribution in [0.15, 0.2) is 12.4 Å². The lowest BCUT2D eigenvalue weighted by atomic mass is 10.1. The van der Waals surface area contributed by atoms with Crippen LogP contribution in [-0.2, 0) is 16.0 Å². The Hall–Kier alpha value is -1.85. The molecule has 0 spiro atoms. The molecule has 1 aliphatic carbocycles. The van der Waals surface area contributed by atoms with Crippen LogP contribution in [0.2, 0.25) is 0 Å². The summed E-state index contributed by atoms with van der Waals surface area (Å²) in [6.07, 6.45) is 6.96. The summed E-state index contributed by atoms with van der Waals surface area (Å²) >= 11 is 0. The molecule has 6 nitrogen and oxygen atoms in total. The van der Waals surface area contributed by atoms with Crippen LogP contribution in [-0.4, -0.2) is 46.3 Å². The predicted octanol–water partition coefficient (Wildman–Crippen LogP) is 0.327. The molecule has 0 aromatic carbocycles. The molecule has 1 aromatic heterocycles. The van der Waals surface area contributed by atoms with Crippen LogP contribution >= 0.6 is 0 Å². The molecule has 0 radical (unpaired) electrons. The molecule has 1 aromatic rings. The van der Waals surface area contributed by atoms with Crippen LogP contribution in [0.4, 0.5) is 0 Å². The van der Waals surface area contributed by atoms with E-state index >= 15 is 0 Å². The Morgan fingerprint density at radius 1 is 1.50 bits per heavy atom. The number of amides is 2. The van der Waals surface area contributed by atoms with Gasteiger partial charge in [-0.1, -0.05) is 0 Å². The van der Waals surface area contributed by atoms with Crippen molar-refractivity contribution < 1.29 is 9.59 Å². The van der Waals surface area contributed by atoms with E-state index in [2.05, 4.69) is 15.3 Å².